The summed E-state index contributed by atoms with van der Waals surface area (Å²) in [6.07, 6.45) is 10.4. The van der Waals surface area contributed by atoms with Gasteiger partial charge in [-0.25, -0.2) is 14.5 Å². The number of aliphatic hydroxyl groups is 1. The molecule has 1 N–H and O–H groups in total. The number of aromatic nitrogens is 4. The van der Waals surface area contributed by atoms with Crippen LogP contribution in [0.25, 0.3) is 16.6 Å². The smallest absolute Gasteiger partial charge is 0.213 e. The number of anilines is 1. The Balaban J connectivity index is 1.34. The van der Waals surface area contributed by atoms with Crippen LogP contribution in [-0.2, 0) is 6.42 Å². The van der Waals surface area contributed by atoms with Gasteiger partial charge in [0.2, 0.25) is 5.88 Å². The normalized spacial score (nSPS) is 14.7. The Morgan fingerprint density at radius 3 is 2.64 bits per heavy atom. The molecule has 5 heterocycles. The van der Waals surface area contributed by atoms with Crippen LogP contribution >= 0.6 is 0 Å². The fraction of sp³-hybridized carbons (Fsp3) is 0.357. The summed E-state index contributed by atoms with van der Waals surface area (Å²) in [4.78, 5) is 11.3. The number of rotatable bonds is 7. The van der Waals surface area contributed by atoms with E-state index in [-0.39, 0.29) is 6.10 Å². The van der Waals surface area contributed by atoms with Gasteiger partial charge < -0.3 is 14.7 Å². The zero-order valence-corrected chi connectivity index (χ0v) is 20.6. The van der Waals surface area contributed by atoms with E-state index in [2.05, 4.69) is 33.2 Å². The van der Waals surface area contributed by atoms with E-state index >= 15 is 0 Å². The van der Waals surface area contributed by atoms with Crippen molar-refractivity contribution in [3.05, 3.63) is 72.3 Å². The maximum Gasteiger partial charge on any atom is 0.213 e. The topological polar surface area (TPSA) is 99.6 Å². The van der Waals surface area contributed by atoms with Crippen LogP contribution in [0.2, 0.25) is 0 Å². The van der Waals surface area contributed by atoms with Crippen molar-refractivity contribution in [2.45, 2.75) is 51.2 Å². The van der Waals surface area contributed by atoms with Crippen molar-refractivity contribution >= 4 is 11.3 Å². The number of hydrogen-bond acceptors (Lipinski definition) is 7. The molecule has 0 unspecified atom stereocenters. The first kappa shape index (κ1) is 23.8. The van der Waals surface area contributed by atoms with Gasteiger partial charge in [0.1, 0.15) is 18.0 Å². The molecule has 0 aliphatic carbocycles. The van der Waals surface area contributed by atoms with E-state index in [1.165, 1.54) is 0 Å². The standard InChI is InChI=1S/C28H30N6O2/c1-28(2,35)11-8-20-15-24(27-22(16-29)18-32-34(27)19-20)21-6-7-25(31-17-21)33-13-9-23(10-14-33)36-26-5-3-4-12-30-26/h3-7,12,15,17-19,23,35H,8-11,13-14H2,1-2H3. The molecule has 1 aliphatic rings. The van der Waals surface area contributed by atoms with E-state index in [0.29, 0.717) is 24.3 Å². The Hall–Kier alpha value is -3.96. The lowest BCUT2D eigenvalue weighted by molar-refractivity contribution is 0.0713. The molecule has 0 saturated carbocycles. The monoisotopic (exact) mass is 482 g/mol. The highest BCUT2D eigenvalue weighted by atomic mass is 16.5. The minimum Gasteiger partial charge on any atom is -0.474 e. The fourth-order valence-electron chi connectivity index (χ4n) is 4.59. The van der Waals surface area contributed by atoms with Gasteiger partial charge in [-0.1, -0.05) is 6.07 Å². The highest BCUT2D eigenvalue weighted by Crippen LogP contribution is 2.30. The lowest BCUT2D eigenvalue weighted by Gasteiger charge is -2.32. The van der Waals surface area contributed by atoms with E-state index in [9.17, 15) is 10.4 Å². The number of hydrogen-bond donors (Lipinski definition) is 1. The van der Waals surface area contributed by atoms with Gasteiger partial charge in [-0.2, -0.15) is 10.4 Å². The summed E-state index contributed by atoms with van der Waals surface area (Å²) in [6.45, 7) is 5.35. The molecule has 0 aromatic carbocycles. The lowest BCUT2D eigenvalue weighted by Crippen LogP contribution is -2.38. The van der Waals surface area contributed by atoms with Crippen LogP contribution in [0.4, 0.5) is 5.82 Å². The molecule has 184 valence electrons. The summed E-state index contributed by atoms with van der Waals surface area (Å²) in [5.74, 6) is 1.60. The number of fused-ring (bicyclic) bond motifs is 1. The first-order valence-electron chi connectivity index (χ1n) is 12.3. The van der Waals surface area contributed by atoms with Crippen LogP contribution < -0.4 is 9.64 Å². The van der Waals surface area contributed by atoms with Gasteiger partial charge in [-0.05, 0) is 56.5 Å². The Labute approximate surface area is 210 Å². The van der Waals surface area contributed by atoms with E-state index in [1.807, 2.05) is 50.5 Å². The SMILES string of the molecule is CC(C)(O)CCc1cc(-c2ccc(N3CCC(Oc4ccccn4)CC3)nc2)c2c(C#N)cnn2c1. The van der Waals surface area contributed by atoms with Crippen LogP contribution in [-0.4, -0.2) is 49.5 Å². The van der Waals surface area contributed by atoms with Crippen molar-refractivity contribution in [3.8, 4) is 23.1 Å². The fourth-order valence-corrected chi connectivity index (χ4v) is 4.59. The first-order valence-corrected chi connectivity index (χ1v) is 12.3. The predicted octanol–water partition coefficient (Wildman–Crippen LogP) is 4.41. The Morgan fingerprint density at radius 1 is 1.14 bits per heavy atom. The zero-order chi connectivity index (χ0) is 25.1. The molecule has 0 amide bonds. The average Bonchev–Trinajstić information content (AvgIpc) is 3.31. The molecule has 4 aromatic heterocycles. The average molecular weight is 483 g/mol. The highest BCUT2D eigenvalue weighted by Gasteiger charge is 2.22. The number of nitriles is 1. The number of nitrogens with zero attached hydrogens (tertiary/aromatic N) is 6. The number of pyridine rings is 3. The minimum atomic E-state index is -0.754. The Kier molecular flexibility index (Phi) is 6.57. The molecule has 0 radical (unpaired) electrons. The molecule has 0 atom stereocenters. The van der Waals surface area contributed by atoms with Crippen molar-refractivity contribution in [1.29, 1.82) is 5.26 Å². The minimum absolute atomic E-state index is 0.154. The van der Waals surface area contributed by atoms with Crippen molar-refractivity contribution in [2.24, 2.45) is 0 Å². The zero-order valence-electron chi connectivity index (χ0n) is 20.6. The summed E-state index contributed by atoms with van der Waals surface area (Å²) in [5.41, 5.74) is 3.44. The highest BCUT2D eigenvalue weighted by molar-refractivity contribution is 5.84. The molecule has 0 bridgehead atoms. The van der Waals surface area contributed by atoms with Crippen LogP contribution in [0.5, 0.6) is 5.88 Å². The third-order valence-electron chi connectivity index (χ3n) is 6.56. The summed E-state index contributed by atoms with van der Waals surface area (Å²) < 4.78 is 7.77. The Morgan fingerprint density at radius 2 is 1.97 bits per heavy atom. The molecule has 1 saturated heterocycles. The van der Waals surface area contributed by atoms with E-state index in [1.54, 1.807) is 16.9 Å². The molecule has 1 aliphatic heterocycles. The van der Waals surface area contributed by atoms with Crippen molar-refractivity contribution in [1.82, 2.24) is 19.6 Å². The first-order chi connectivity index (χ1) is 17.4. The van der Waals surface area contributed by atoms with Gasteiger partial charge in [0.15, 0.2) is 0 Å². The van der Waals surface area contributed by atoms with Crippen LogP contribution in [0.1, 0.15) is 44.2 Å². The van der Waals surface area contributed by atoms with Crippen molar-refractivity contribution in [3.63, 3.8) is 0 Å². The second kappa shape index (κ2) is 9.96. The largest absolute Gasteiger partial charge is 0.474 e. The van der Waals surface area contributed by atoms with Gasteiger partial charge in [0.05, 0.1) is 22.9 Å². The molecule has 0 spiro atoms. The molecule has 8 heteroatoms. The van der Waals surface area contributed by atoms with Crippen LogP contribution in [0.15, 0.2) is 61.2 Å². The summed E-state index contributed by atoms with van der Waals surface area (Å²) in [7, 11) is 0. The van der Waals surface area contributed by atoms with E-state index < -0.39 is 5.60 Å². The van der Waals surface area contributed by atoms with Gasteiger partial charge in [-0.15, -0.1) is 0 Å². The molecular weight excluding hydrogens is 452 g/mol. The maximum atomic E-state index is 10.2. The second-order valence-corrected chi connectivity index (χ2v) is 9.91. The third kappa shape index (κ3) is 5.31. The molecule has 36 heavy (non-hydrogen) atoms. The summed E-state index contributed by atoms with van der Waals surface area (Å²) in [6, 6.07) is 14.1. The number of aryl methyl sites for hydroxylation is 1. The van der Waals surface area contributed by atoms with E-state index in [0.717, 1.165) is 54.0 Å². The van der Waals surface area contributed by atoms with Crippen LogP contribution in [0.3, 0.4) is 0 Å². The molecule has 1 fully saturated rings. The van der Waals surface area contributed by atoms with Crippen molar-refractivity contribution < 1.29 is 9.84 Å². The molecule has 4 aromatic rings. The van der Waals surface area contributed by atoms with Gasteiger partial charge in [0.25, 0.3) is 0 Å². The number of ether oxygens (including phenoxy) is 1. The summed E-state index contributed by atoms with van der Waals surface area (Å²) in [5, 5.41) is 24.2. The van der Waals surface area contributed by atoms with Crippen molar-refractivity contribution in [2.75, 3.05) is 18.0 Å². The maximum absolute atomic E-state index is 10.2. The third-order valence-corrected chi connectivity index (χ3v) is 6.56. The second-order valence-electron chi connectivity index (χ2n) is 9.91. The molecule has 8 nitrogen and oxygen atoms in total. The number of piperidine rings is 1. The quantitative estimate of drug-likeness (QED) is 0.416. The van der Waals surface area contributed by atoms with Gasteiger partial charge in [-0.3, -0.25) is 0 Å². The lowest BCUT2D eigenvalue weighted by atomic mass is 9.97. The predicted molar refractivity (Wildman–Crippen MR) is 138 cm³/mol. The molecular formula is C28H30N6O2. The van der Waals surface area contributed by atoms with E-state index in [4.69, 9.17) is 9.72 Å². The van der Waals surface area contributed by atoms with Crippen LogP contribution in [0, 0.1) is 11.3 Å². The van der Waals surface area contributed by atoms with Gasteiger partial charge >= 0.3 is 0 Å². The Bertz CT molecular complexity index is 1360. The summed E-state index contributed by atoms with van der Waals surface area (Å²) >= 11 is 0. The van der Waals surface area contributed by atoms with Gasteiger partial charge in [0, 0.05) is 61.7 Å². The molecule has 5 rings (SSSR count).